The lowest BCUT2D eigenvalue weighted by Gasteiger charge is -2.20. The number of halogens is 3. The van der Waals surface area contributed by atoms with E-state index < -0.39 is 11.7 Å². The van der Waals surface area contributed by atoms with Gasteiger partial charge in [-0.3, -0.25) is 0 Å². The summed E-state index contributed by atoms with van der Waals surface area (Å²) in [6.45, 7) is 6.35. The highest BCUT2D eigenvalue weighted by Gasteiger charge is 2.30. The fourth-order valence-corrected chi connectivity index (χ4v) is 4.43. The van der Waals surface area contributed by atoms with Crippen molar-refractivity contribution in [3.05, 3.63) is 48.2 Å². The zero-order valence-corrected chi connectivity index (χ0v) is 15.1. The van der Waals surface area contributed by atoms with Crippen LogP contribution in [0, 0.1) is 0 Å². The van der Waals surface area contributed by atoms with E-state index in [9.17, 15) is 13.2 Å². The minimum Gasteiger partial charge on any atom is -0.200 e. The molecule has 3 rings (SSSR count). The SMILES string of the molecule is CC(C)(C)Sc1ccc2cnsc2c1-c1ccc(C(F)(F)F)cc1. The van der Waals surface area contributed by atoms with Crippen LogP contribution < -0.4 is 0 Å². The largest absolute Gasteiger partial charge is 0.416 e. The highest BCUT2D eigenvalue weighted by Crippen LogP contribution is 2.43. The van der Waals surface area contributed by atoms with Crippen molar-refractivity contribution >= 4 is 33.4 Å². The van der Waals surface area contributed by atoms with Crippen molar-refractivity contribution in [1.82, 2.24) is 4.37 Å². The van der Waals surface area contributed by atoms with Crippen LogP contribution >= 0.6 is 23.3 Å². The maximum Gasteiger partial charge on any atom is 0.416 e. The number of rotatable bonds is 2. The summed E-state index contributed by atoms with van der Waals surface area (Å²) >= 11 is 3.08. The molecular formula is C18H16F3NS2. The Hall–Kier alpha value is -1.53. The fourth-order valence-electron chi connectivity index (χ4n) is 2.43. The maximum atomic E-state index is 12.8. The van der Waals surface area contributed by atoms with Crippen LogP contribution in [0.5, 0.6) is 0 Å². The molecule has 0 aliphatic heterocycles. The normalized spacial score (nSPS) is 12.8. The Morgan fingerprint density at radius 3 is 2.21 bits per heavy atom. The van der Waals surface area contributed by atoms with Crippen LogP contribution in [-0.4, -0.2) is 9.12 Å². The van der Waals surface area contributed by atoms with Gasteiger partial charge in [0.2, 0.25) is 0 Å². The molecule has 0 spiro atoms. The lowest BCUT2D eigenvalue weighted by atomic mass is 10.0. The molecule has 0 unspecified atom stereocenters. The van der Waals surface area contributed by atoms with E-state index >= 15 is 0 Å². The van der Waals surface area contributed by atoms with E-state index in [-0.39, 0.29) is 4.75 Å². The fraction of sp³-hybridized carbons (Fsp3) is 0.278. The van der Waals surface area contributed by atoms with Crippen LogP contribution in [-0.2, 0) is 6.18 Å². The Bertz CT molecular complexity index is 859. The first-order valence-electron chi connectivity index (χ1n) is 7.39. The molecule has 6 heteroatoms. The molecule has 0 fully saturated rings. The molecule has 0 bridgehead atoms. The van der Waals surface area contributed by atoms with Gasteiger partial charge in [-0.2, -0.15) is 17.5 Å². The second kappa shape index (κ2) is 6.08. The summed E-state index contributed by atoms with van der Waals surface area (Å²) in [6, 6.07) is 9.41. The van der Waals surface area contributed by atoms with E-state index in [2.05, 4.69) is 25.1 Å². The molecule has 0 saturated heterocycles. The lowest BCUT2D eigenvalue weighted by Crippen LogP contribution is -2.07. The highest BCUT2D eigenvalue weighted by molar-refractivity contribution is 8.00. The number of hydrogen-bond acceptors (Lipinski definition) is 3. The number of nitrogens with zero attached hydrogens (tertiary/aromatic N) is 1. The highest BCUT2D eigenvalue weighted by atomic mass is 32.2. The molecule has 0 aliphatic rings. The molecule has 1 heterocycles. The molecule has 126 valence electrons. The predicted octanol–water partition coefficient (Wildman–Crippen LogP) is 6.87. The first-order valence-corrected chi connectivity index (χ1v) is 8.98. The van der Waals surface area contributed by atoms with Gasteiger partial charge in [0.25, 0.3) is 0 Å². The zero-order chi connectivity index (χ0) is 17.5. The molecule has 0 saturated carbocycles. The second-order valence-electron chi connectivity index (χ2n) is 6.47. The predicted molar refractivity (Wildman–Crippen MR) is 95.7 cm³/mol. The van der Waals surface area contributed by atoms with Gasteiger partial charge in [-0.1, -0.05) is 39.0 Å². The number of alkyl halides is 3. The van der Waals surface area contributed by atoms with Crippen LogP contribution in [0.4, 0.5) is 13.2 Å². The lowest BCUT2D eigenvalue weighted by molar-refractivity contribution is -0.137. The van der Waals surface area contributed by atoms with E-state index in [1.807, 2.05) is 12.1 Å². The molecule has 0 aliphatic carbocycles. The summed E-state index contributed by atoms with van der Waals surface area (Å²) in [5.41, 5.74) is 1.11. The minimum atomic E-state index is -4.32. The summed E-state index contributed by atoms with van der Waals surface area (Å²) in [5.74, 6) is 0. The summed E-state index contributed by atoms with van der Waals surface area (Å²) in [6.07, 6.45) is -2.53. The van der Waals surface area contributed by atoms with Gasteiger partial charge < -0.3 is 0 Å². The van der Waals surface area contributed by atoms with Crippen molar-refractivity contribution in [2.75, 3.05) is 0 Å². The Balaban J connectivity index is 2.16. The number of thioether (sulfide) groups is 1. The van der Waals surface area contributed by atoms with Crippen LogP contribution in [0.3, 0.4) is 0 Å². The molecule has 0 N–H and O–H groups in total. The van der Waals surface area contributed by atoms with Gasteiger partial charge in [0, 0.05) is 26.8 Å². The first-order chi connectivity index (χ1) is 11.1. The van der Waals surface area contributed by atoms with Gasteiger partial charge in [-0.25, -0.2) is 0 Å². The van der Waals surface area contributed by atoms with Crippen molar-refractivity contribution in [3.8, 4) is 11.1 Å². The number of fused-ring (bicyclic) bond motifs is 1. The van der Waals surface area contributed by atoms with Crippen molar-refractivity contribution in [2.45, 2.75) is 36.6 Å². The number of hydrogen-bond donors (Lipinski definition) is 0. The Kier molecular flexibility index (Phi) is 4.38. The van der Waals surface area contributed by atoms with Crippen LogP contribution in [0.1, 0.15) is 26.3 Å². The smallest absolute Gasteiger partial charge is 0.200 e. The molecule has 1 nitrogen and oxygen atoms in total. The van der Waals surface area contributed by atoms with E-state index in [0.717, 1.165) is 38.2 Å². The zero-order valence-electron chi connectivity index (χ0n) is 13.4. The minimum absolute atomic E-state index is 0.000967. The van der Waals surface area contributed by atoms with Crippen molar-refractivity contribution in [1.29, 1.82) is 0 Å². The van der Waals surface area contributed by atoms with Gasteiger partial charge in [0.1, 0.15) is 0 Å². The van der Waals surface area contributed by atoms with E-state index in [4.69, 9.17) is 0 Å². The second-order valence-corrected chi connectivity index (χ2v) is 9.14. The van der Waals surface area contributed by atoms with E-state index in [1.165, 1.54) is 11.5 Å². The van der Waals surface area contributed by atoms with Gasteiger partial charge in [0.05, 0.1) is 10.3 Å². The first kappa shape index (κ1) is 17.3. The summed E-state index contributed by atoms with van der Waals surface area (Å²) < 4.78 is 43.7. The third kappa shape index (κ3) is 3.59. The molecule has 2 aromatic carbocycles. The Labute approximate surface area is 147 Å². The average Bonchev–Trinajstić information content (AvgIpc) is 2.93. The molecule has 3 aromatic rings. The van der Waals surface area contributed by atoms with Gasteiger partial charge in [-0.15, -0.1) is 11.8 Å². The van der Waals surface area contributed by atoms with E-state index in [1.54, 1.807) is 30.1 Å². The summed E-state index contributed by atoms with van der Waals surface area (Å²) in [7, 11) is 0. The Morgan fingerprint density at radius 2 is 1.62 bits per heavy atom. The topological polar surface area (TPSA) is 12.9 Å². The van der Waals surface area contributed by atoms with Crippen LogP contribution in [0.25, 0.3) is 21.2 Å². The van der Waals surface area contributed by atoms with Gasteiger partial charge >= 0.3 is 6.18 Å². The third-order valence-electron chi connectivity index (χ3n) is 3.40. The molecule has 0 atom stereocenters. The maximum absolute atomic E-state index is 12.8. The molecule has 1 aromatic heterocycles. The van der Waals surface area contributed by atoms with Crippen LogP contribution in [0.2, 0.25) is 0 Å². The standard InChI is InChI=1S/C18H16F3NS2/c1-17(2,3)23-14-9-6-12-10-22-24-16(12)15(14)11-4-7-13(8-5-11)18(19,20)21/h4-10H,1-3H3. The molecule has 0 radical (unpaired) electrons. The van der Waals surface area contributed by atoms with Crippen LogP contribution in [0.15, 0.2) is 47.5 Å². The summed E-state index contributed by atoms with van der Waals surface area (Å²) in [5, 5.41) is 1.01. The Morgan fingerprint density at radius 1 is 0.958 bits per heavy atom. The average molecular weight is 367 g/mol. The quantitative estimate of drug-likeness (QED) is 0.458. The summed E-state index contributed by atoms with van der Waals surface area (Å²) in [4.78, 5) is 1.05. The van der Waals surface area contributed by atoms with E-state index in [0.29, 0.717) is 0 Å². The van der Waals surface area contributed by atoms with Gasteiger partial charge in [0.15, 0.2) is 0 Å². The third-order valence-corrected chi connectivity index (χ3v) is 5.41. The molecule has 0 amide bonds. The van der Waals surface area contributed by atoms with Crippen molar-refractivity contribution < 1.29 is 13.2 Å². The number of aromatic nitrogens is 1. The van der Waals surface area contributed by atoms with Gasteiger partial charge in [-0.05, 0) is 35.3 Å². The molecule has 24 heavy (non-hydrogen) atoms. The molecular weight excluding hydrogens is 351 g/mol. The van der Waals surface area contributed by atoms with Crippen molar-refractivity contribution in [3.63, 3.8) is 0 Å². The number of benzene rings is 2. The monoisotopic (exact) mass is 367 g/mol. The van der Waals surface area contributed by atoms with Crippen molar-refractivity contribution in [2.24, 2.45) is 0 Å².